The summed E-state index contributed by atoms with van der Waals surface area (Å²) < 4.78 is 11.8. The molecule has 0 spiro atoms. The van der Waals surface area contributed by atoms with E-state index in [1.807, 2.05) is 87.4 Å². The summed E-state index contributed by atoms with van der Waals surface area (Å²) in [6.07, 6.45) is 1.56. The summed E-state index contributed by atoms with van der Waals surface area (Å²) in [5, 5.41) is 11.5. The van der Waals surface area contributed by atoms with Gasteiger partial charge in [-0.15, -0.1) is 0 Å². The second-order valence-corrected chi connectivity index (χ2v) is 9.97. The van der Waals surface area contributed by atoms with E-state index in [9.17, 15) is 14.7 Å². The monoisotopic (exact) mass is 528 g/mol. The average molecular weight is 529 g/mol. The highest BCUT2D eigenvalue weighted by Gasteiger charge is 2.46. The molecule has 3 aromatic rings. The fourth-order valence-corrected chi connectivity index (χ4v) is 4.71. The number of hydrogen-bond acceptors (Lipinski definition) is 6. The first-order chi connectivity index (χ1) is 18.8. The smallest absolute Gasteiger partial charge is 0.295 e. The fourth-order valence-electron chi connectivity index (χ4n) is 4.71. The zero-order valence-electron chi connectivity index (χ0n) is 23.0. The number of ether oxygens (including phenoxy) is 2. The lowest BCUT2D eigenvalue weighted by Gasteiger charge is -2.26. The Morgan fingerprint density at radius 2 is 1.72 bits per heavy atom. The van der Waals surface area contributed by atoms with Crippen LogP contribution in [-0.4, -0.2) is 60.4 Å². The molecule has 7 heteroatoms. The Kier molecular flexibility index (Phi) is 9.04. The summed E-state index contributed by atoms with van der Waals surface area (Å²) in [7, 11) is 3.93. The van der Waals surface area contributed by atoms with Crippen molar-refractivity contribution in [1.29, 1.82) is 0 Å². The van der Waals surface area contributed by atoms with Crippen molar-refractivity contribution in [2.75, 3.05) is 33.8 Å². The zero-order chi connectivity index (χ0) is 27.9. The molecule has 1 aliphatic rings. The first-order valence-corrected chi connectivity index (χ1v) is 13.3. The number of amides is 1. The predicted octanol–water partition coefficient (Wildman–Crippen LogP) is 5.95. The third kappa shape index (κ3) is 6.49. The second-order valence-electron chi connectivity index (χ2n) is 9.97. The Morgan fingerprint density at radius 1 is 0.974 bits per heavy atom. The topological polar surface area (TPSA) is 79.3 Å². The molecular weight excluding hydrogens is 492 g/mol. The molecule has 204 valence electrons. The van der Waals surface area contributed by atoms with Gasteiger partial charge in [0.2, 0.25) is 0 Å². The number of para-hydroxylation sites is 1. The van der Waals surface area contributed by atoms with E-state index in [0.29, 0.717) is 42.2 Å². The van der Waals surface area contributed by atoms with Crippen molar-refractivity contribution < 1.29 is 24.2 Å². The van der Waals surface area contributed by atoms with Crippen LogP contribution in [0, 0.1) is 6.92 Å². The van der Waals surface area contributed by atoms with Crippen LogP contribution in [0.5, 0.6) is 17.2 Å². The number of ketones is 1. The summed E-state index contributed by atoms with van der Waals surface area (Å²) in [4.78, 5) is 30.3. The van der Waals surface area contributed by atoms with Gasteiger partial charge in [-0.25, -0.2) is 0 Å². The van der Waals surface area contributed by atoms with Crippen molar-refractivity contribution in [2.24, 2.45) is 0 Å². The van der Waals surface area contributed by atoms with Crippen LogP contribution >= 0.6 is 0 Å². The first-order valence-electron chi connectivity index (χ1n) is 13.3. The number of nitrogens with zero attached hydrogens (tertiary/aromatic N) is 2. The number of carbonyl (C=O) groups excluding carboxylic acids is 2. The van der Waals surface area contributed by atoms with Gasteiger partial charge in [-0.3, -0.25) is 9.59 Å². The third-order valence-electron chi connectivity index (χ3n) is 6.61. The molecule has 1 unspecified atom stereocenters. The Bertz CT molecular complexity index is 1350. The van der Waals surface area contributed by atoms with E-state index in [0.717, 1.165) is 24.3 Å². The fraction of sp³-hybridized carbons (Fsp3) is 0.312. The van der Waals surface area contributed by atoms with Gasteiger partial charge in [-0.2, -0.15) is 0 Å². The van der Waals surface area contributed by atoms with Gasteiger partial charge in [0.05, 0.1) is 18.2 Å². The van der Waals surface area contributed by atoms with Crippen LogP contribution in [0.1, 0.15) is 42.5 Å². The number of aryl methyl sites for hydroxylation is 1. The van der Waals surface area contributed by atoms with Gasteiger partial charge in [0.1, 0.15) is 23.0 Å². The largest absolute Gasteiger partial charge is 0.507 e. The molecule has 7 nitrogen and oxygen atoms in total. The summed E-state index contributed by atoms with van der Waals surface area (Å²) in [5.41, 5.74) is 2.06. The highest BCUT2D eigenvalue weighted by molar-refractivity contribution is 6.46. The van der Waals surface area contributed by atoms with E-state index < -0.39 is 17.7 Å². The van der Waals surface area contributed by atoms with Gasteiger partial charge in [-0.05, 0) is 94.0 Å². The number of rotatable bonds is 11. The van der Waals surface area contributed by atoms with Crippen LogP contribution in [0.25, 0.3) is 5.76 Å². The maximum absolute atomic E-state index is 13.4. The van der Waals surface area contributed by atoms with Crippen LogP contribution in [0.4, 0.5) is 0 Å². The van der Waals surface area contributed by atoms with E-state index >= 15 is 0 Å². The molecule has 1 heterocycles. The van der Waals surface area contributed by atoms with E-state index in [1.165, 1.54) is 0 Å². The third-order valence-corrected chi connectivity index (χ3v) is 6.61. The number of carbonyl (C=O) groups is 2. The van der Waals surface area contributed by atoms with Gasteiger partial charge >= 0.3 is 0 Å². The van der Waals surface area contributed by atoms with Crippen LogP contribution in [-0.2, 0) is 9.59 Å². The minimum Gasteiger partial charge on any atom is -0.507 e. The number of benzene rings is 3. The quantitative estimate of drug-likeness (QED) is 0.188. The zero-order valence-corrected chi connectivity index (χ0v) is 23.0. The lowest BCUT2D eigenvalue weighted by molar-refractivity contribution is -0.139. The SMILES string of the molecule is CCCOc1ccc(/C(O)=C2\C(=O)C(=O)N(CCCN(C)C)C2c2cccc(Oc3ccccc3)c2)cc1C. The molecule has 1 atom stereocenters. The van der Waals surface area contributed by atoms with Gasteiger partial charge < -0.3 is 24.4 Å². The molecule has 1 aliphatic heterocycles. The molecule has 39 heavy (non-hydrogen) atoms. The maximum atomic E-state index is 13.4. The molecule has 1 fully saturated rings. The number of aliphatic hydroxyl groups is 1. The molecule has 4 rings (SSSR count). The van der Waals surface area contributed by atoms with Crippen molar-refractivity contribution in [1.82, 2.24) is 9.80 Å². The molecular formula is C32H36N2O5. The number of aliphatic hydroxyl groups excluding tert-OH is 1. The van der Waals surface area contributed by atoms with E-state index in [-0.39, 0.29) is 11.3 Å². The average Bonchev–Trinajstić information content (AvgIpc) is 3.17. The maximum Gasteiger partial charge on any atom is 0.295 e. The van der Waals surface area contributed by atoms with Gasteiger partial charge in [0.15, 0.2) is 0 Å². The molecule has 0 radical (unpaired) electrons. The second kappa shape index (κ2) is 12.6. The van der Waals surface area contributed by atoms with Crippen molar-refractivity contribution in [3.8, 4) is 17.2 Å². The summed E-state index contributed by atoms with van der Waals surface area (Å²) in [6.45, 7) is 5.64. The van der Waals surface area contributed by atoms with E-state index in [4.69, 9.17) is 9.47 Å². The lowest BCUT2D eigenvalue weighted by atomic mass is 9.94. The van der Waals surface area contributed by atoms with Crippen molar-refractivity contribution in [3.63, 3.8) is 0 Å². The Labute approximate surface area is 230 Å². The number of hydrogen-bond donors (Lipinski definition) is 1. The lowest BCUT2D eigenvalue weighted by Crippen LogP contribution is -2.32. The molecule has 3 aromatic carbocycles. The van der Waals surface area contributed by atoms with Crippen molar-refractivity contribution in [3.05, 3.63) is 95.1 Å². The molecule has 0 aromatic heterocycles. The number of Topliss-reactive ketones (excluding diaryl/α,β-unsaturated/α-hetero) is 1. The highest BCUT2D eigenvalue weighted by Crippen LogP contribution is 2.41. The standard InChI is InChI=1S/C32H36N2O5/c1-5-19-38-27-16-15-24(20-22(27)2)30(35)28-29(34(32(37)31(28)36)18-10-17-33(3)4)23-11-9-14-26(21-23)39-25-12-7-6-8-13-25/h6-9,11-16,20-21,29,35H,5,10,17-19H2,1-4H3/b30-28+. The van der Waals surface area contributed by atoms with Crippen molar-refractivity contribution in [2.45, 2.75) is 32.7 Å². The molecule has 0 saturated carbocycles. The van der Waals surface area contributed by atoms with Crippen LogP contribution in [0.3, 0.4) is 0 Å². The Morgan fingerprint density at radius 3 is 2.41 bits per heavy atom. The summed E-state index contributed by atoms with van der Waals surface area (Å²) >= 11 is 0. The molecule has 0 aliphatic carbocycles. The normalized spacial score (nSPS) is 16.6. The summed E-state index contributed by atoms with van der Waals surface area (Å²) in [5.74, 6) is 0.462. The van der Waals surface area contributed by atoms with Crippen molar-refractivity contribution >= 4 is 17.4 Å². The van der Waals surface area contributed by atoms with Gasteiger partial charge in [0, 0.05) is 12.1 Å². The van der Waals surface area contributed by atoms with Crippen LogP contribution in [0.15, 0.2) is 78.4 Å². The molecule has 1 N–H and O–H groups in total. The van der Waals surface area contributed by atoms with E-state index in [2.05, 4.69) is 0 Å². The van der Waals surface area contributed by atoms with Crippen LogP contribution < -0.4 is 9.47 Å². The number of likely N-dealkylation sites (tertiary alicyclic amines) is 1. The minimum absolute atomic E-state index is 0.0725. The minimum atomic E-state index is -0.747. The van der Waals surface area contributed by atoms with Crippen LogP contribution in [0.2, 0.25) is 0 Å². The molecule has 0 bridgehead atoms. The highest BCUT2D eigenvalue weighted by atomic mass is 16.5. The predicted molar refractivity (Wildman–Crippen MR) is 152 cm³/mol. The first kappa shape index (κ1) is 27.9. The van der Waals surface area contributed by atoms with E-state index in [1.54, 1.807) is 23.1 Å². The Balaban J connectivity index is 1.76. The molecule has 1 saturated heterocycles. The van der Waals surface area contributed by atoms with Gasteiger partial charge in [0.25, 0.3) is 11.7 Å². The molecule has 1 amide bonds. The summed E-state index contributed by atoms with van der Waals surface area (Å²) in [6, 6.07) is 21.3. The Hall–Kier alpha value is -4.10. The van der Waals surface area contributed by atoms with Gasteiger partial charge in [-0.1, -0.05) is 37.3 Å².